The van der Waals surface area contributed by atoms with E-state index in [1.54, 1.807) is 4.90 Å². The number of likely N-dealkylation sites (N-methyl/N-ethyl adjacent to an activating group) is 1. The standard InChI is InChI=1S/C11H21N3O2.ClH/c1-3-12-6-7-13-11(16)10-5-4-8-14(10)9(2)15;/h10,12H,3-8H2,1-2H3,(H,13,16);1H. The summed E-state index contributed by atoms with van der Waals surface area (Å²) in [4.78, 5) is 24.7. The summed E-state index contributed by atoms with van der Waals surface area (Å²) >= 11 is 0. The second-order valence-corrected chi connectivity index (χ2v) is 4.02. The number of likely N-dealkylation sites (tertiary alicyclic amines) is 1. The zero-order chi connectivity index (χ0) is 12.0. The lowest BCUT2D eigenvalue weighted by atomic mass is 10.2. The molecule has 1 aliphatic rings. The molecule has 1 unspecified atom stereocenters. The Balaban J connectivity index is 0.00000256. The van der Waals surface area contributed by atoms with Gasteiger partial charge >= 0.3 is 0 Å². The third-order valence-corrected chi connectivity index (χ3v) is 2.81. The molecule has 0 saturated carbocycles. The molecule has 0 spiro atoms. The van der Waals surface area contributed by atoms with Crippen LogP contribution in [0.2, 0.25) is 0 Å². The Kier molecular flexibility index (Phi) is 7.91. The van der Waals surface area contributed by atoms with E-state index in [0.29, 0.717) is 13.1 Å². The molecule has 2 N–H and O–H groups in total. The maximum atomic E-state index is 11.8. The predicted molar refractivity (Wildman–Crippen MR) is 69.2 cm³/mol. The first-order valence-electron chi connectivity index (χ1n) is 5.92. The van der Waals surface area contributed by atoms with E-state index in [4.69, 9.17) is 0 Å². The first-order valence-corrected chi connectivity index (χ1v) is 5.92. The highest BCUT2D eigenvalue weighted by Crippen LogP contribution is 2.16. The van der Waals surface area contributed by atoms with Crippen molar-refractivity contribution >= 4 is 24.2 Å². The highest BCUT2D eigenvalue weighted by Gasteiger charge is 2.31. The molecule has 1 aliphatic heterocycles. The van der Waals surface area contributed by atoms with Crippen molar-refractivity contribution < 1.29 is 9.59 Å². The fraction of sp³-hybridized carbons (Fsp3) is 0.818. The van der Waals surface area contributed by atoms with Gasteiger partial charge in [-0.05, 0) is 19.4 Å². The molecule has 1 saturated heterocycles. The van der Waals surface area contributed by atoms with Gasteiger partial charge in [0.05, 0.1) is 0 Å². The number of halogens is 1. The van der Waals surface area contributed by atoms with Crippen LogP contribution in [-0.2, 0) is 9.59 Å². The Morgan fingerprint density at radius 1 is 1.35 bits per heavy atom. The summed E-state index contributed by atoms with van der Waals surface area (Å²) in [6.45, 7) is 6.55. The lowest BCUT2D eigenvalue weighted by Crippen LogP contribution is -2.46. The molecule has 1 rings (SSSR count). The largest absolute Gasteiger partial charge is 0.353 e. The van der Waals surface area contributed by atoms with Crippen molar-refractivity contribution in [3.63, 3.8) is 0 Å². The number of nitrogens with zero attached hydrogens (tertiary/aromatic N) is 1. The molecule has 5 nitrogen and oxygen atoms in total. The summed E-state index contributed by atoms with van der Waals surface area (Å²) in [5, 5.41) is 5.98. The molecule has 0 aromatic rings. The van der Waals surface area contributed by atoms with E-state index >= 15 is 0 Å². The summed E-state index contributed by atoms with van der Waals surface area (Å²) in [7, 11) is 0. The Bertz CT molecular complexity index is 261. The lowest BCUT2D eigenvalue weighted by molar-refractivity contribution is -0.136. The summed E-state index contributed by atoms with van der Waals surface area (Å²) in [6.07, 6.45) is 1.71. The van der Waals surface area contributed by atoms with Crippen LogP contribution in [-0.4, -0.2) is 48.9 Å². The molecule has 17 heavy (non-hydrogen) atoms. The fourth-order valence-corrected chi connectivity index (χ4v) is 1.98. The zero-order valence-electron chi connectivity index (χ0n) is 10.5. The first-order chi connectivity index (χ1) is 7.66. The van der Waals surface area contributed by atoms with Gasteiger partial charge in [-0.15, -0.1) is 12.4 Å². The van der Waals surface area contributed by atoms with Crippen LogP contribution in [0.1, 0.15) is 26.7 Å². The quantitative estimate of drug-likeness (QED) is 0.694. The Morgan fingerprint density at radius 2 is 2.06 bits per heavy atom. The minimum atomic E-state index is -0.251. The topological polar surface area (TPSA) is 61.4 Å². The number of nitrogens with one attached hydrogen (secondary N) is 2. The van der Waals surface area contributed by atoms with E-state index in [0.717, 1.165) is 25.9 Å². The number of hydrogen-bond acceptors (Lipinski definition) is 3. The highest BCUT2D eigenvalue weighted by molar-refractivity contribution is 5.87. The molecule has 6 heteroatoms. The van der Waals surface area contributed by atoms with Gasteiger partial charge in [-0.25, -0.2) is 0 Å². The average molecular weight is 264 g/mol. The number of carbonyl (C=O) groups is 2. The van der Waals surface area contributed by atoms with E-state index in [2.05, 4.69) is 10.6 Å². The SMILES string of the molecule is CCNCCNC(=O)C1CCCN1C(C)=O.Cl. The van der Waals surface area contributed by atoms with Crippen LogP contribution in [0, 0.1) is 0 Å². The van der Waals surface area contributed by atoms with E-state index in [-0.39, 0.29) is 30.3 Å². The summed E-state index contributed by atoms with van der Waals surface area (Å²) in [5.41, 5.74) is 0. The van der Waals surface area contributed by atoms with E-state index in [1.807, 2.05) is 6.92 Å². The number of carbonyl (C=O) groups excluding carboxylic acids is 2. The van der Waals surface area contributed by atoms with Gasteiger partial charge in [-0.1, -0.05) is 6.92 Å². The van der Waals surface area contributed by atoms with E-state index in [9.17, 15) is 9.59 Å². The summed E-state index contributed by atoms with van der Waals surface area (Å²) in [5.74, 6) is -0.0325. The van der Waals surface area contributed by atoms with Crippen molar-refractivity contribution in [3.05, 3.63) is 0 Å². The second kappa shape index (κ2) is 8.31. The van der Waals surface area contributed by atoms with Crippen molar-refractivity contribution in [3.8, 4) is 0 Å². The minimum absolute atomic E-state index is 0. The van der Waals surface area contributed by atoms with Gasteiger partial charge in [0, 0.05) is 26.6 Å². The molecule has 100 valence electrons. The van der Waals surface area contributed by atoms with Crippen LogP contribution in [0.15, 0.2) is 0 Å². The van der Waals surface area contributed by atoms with Gasteiger partial charge in [0.25, 0.3) is 0 Å². The fourth-order valence-electron chi connectivity index (χ4n) is 1.98. The van der Waals surface area contributed by atoms with Crippen LogP contribution in [0.25, 0.3) is 0 Å². The van der Waals surface area contributed by atoms with E-state index < -0.39 is 0 Å². The average Bonchev–Trinajstić information content (AvgIpc) is 2.73. The van der Waals surface area contributed by atoms with Crippen LogP contribution in [0.3, 0.4) is 0 Å². The Morgan fingerprint density at radius 3 is 2.65 bits per heavy atom. The third kappa shape index (κ3) is 4.91. The van der Waals surface area contributed by atoms with Gasteiger partial charge < -0.3 is 15.5 Å². The third-order valence-electron chi connectivity index (χ3n) is 2.81. The van der Waals surface area contributed by atoms with Crippen LogP contribution in [0.5, 0.6) is 0 Å². The summed E-state index contributed by atoms with van der Waals surface area (Å²) in [6, 6.07) is -0.251. The number of rotatable bonds is 5. The van der Waals surface area contributed by atoms with Crippen molar-refractivity contribution in [1.82, 2.24) is 15.5 Å². The molecule has 1 atom stereocenters. The van der Waals surface area contributed by atoms with Crippen molar-refractivity contribution in [1.29, 1.82) is 0 Å². The molecule has 0 bridgehead atoms. The van der Waals surface area contributed by atoms with E-state index in [1.165, 1.54) is 6.92 Å². The number of hydrogen-bond donors (Lipinski definition) is 2. The van der Waals surface area contributed by atoms with Crippen molar-refractivity contribution in [2.75, 3.05) is 26.2 Å². The molecular weight excluding hydrogens is 242 g/mol. The monoisotopic (exact) mass is 263 g/mol. The summed E-state index contributed by atoms with van der Waals surface area (Å²) < 4.78 is 0. The van der Waals surface area contributed by atoms with Gasteiger partial charge in [-0.2, -0.15) is 0 Å². The van der Waals surface area contributed by atoms with Crippen LogP contribution >= 0.6 is 12.4 Å². The first kappa shape index (κ1) is 16.2. The van der Waals surface area contributed by atoms with Crippen molar-refractivity contribution in [2.24, 2.45) is 0 Å². The molecule has 0 aliphatic carbocycles. The van der Waals surface area contributed by atoms with Gasteiger partial charge in [0.2, 0.25) is 11.8 Å². The molecule has 0 aromatic heterocycles. The predicted octanol–water partition coefficient (Wildman–Crippen LogP) is 0.145. The van der Waals surface area contributed by atoms with Crippen LogP contribution < -0.4 is 10.6 Å². The van der Waals surface area contributed by atoms with Gasteiger partial charge in [-0.3, -0.25) is 9.59 Å². The molecule has 2 amide bonds. The maximum absolute atomic E-state index is 11.8. The zero-order valence-corrected chi connectivity index (χ0v) is 11.3. The van der Waals surface area contributed by atoms with Gasteiger partial charge in [0.15, 0.2) is 0 Å². The van der Waals surface area contributed by atoms with Crippen LogP contribution in [0.4, 0.5) is 0 Å². The molecule has 1 heterocycles. The normalized spacial score (nSPS) is 18.7. The Labute approximate surface area is 109 Å². The Hall–Kier alpha value is -0.810. The molecule has 1 fully saturated rings. The van der Waals surface area contributed by atoms with Crippen molar-refractivity contribution in [2.45, 2.75) is 32.7 Å². The number of amides is 2. The van der Waals surface area contributed by atoms with Gasteiger partial charge in [0.1, 0.15) is 6.04 Å². The second-order valence-electron chi connectivity index (χ2n) is 4.02. The molecular formula is C11H22ClN3O2. The smallest absolute Gasteiger partial charge is 0.242 e. The highest BCUT2D eigenvalue weighted by atomic mass is 35.5. The lowest BCUT2D eigenvalue weighted by Gasteiger charge is -2.22. The minimum Gasteiger partial charge on any atom is -0.353 e. The molecule has 0 aromatic carbocycles. The molecule has 0 radical (unpaired) electrons. The maximum Gasteiger partial charge on any atom is 0.242 e.